The van der Waals surface area contributed by atoms with Crippen LogP contribution in [0.25, 0.3) is 5.69 Å². The highest BCUT2D eigenvalue weighted by atomic mass is 19.1. The molecule has 0 amide bonds. The van der Waals surface area contributed by atoms with E-state index >= 15 is 0 Å². The average molecular weight is 245 g/mol. The second-order valence-corrected chi connectivity index (χ2v) is 4.82. The number of hydrogen-bond acceptors (Lipinski definition) is 2. The number of halogens is 1. The van der Waals surface area contributed by atoms with Crippen LogP contribution < -0.4 is 5.32 Å². The van der Waals surface area contributed by atoms with Crippen molar-refractivity contribution >= 4 is 0 Å². The summed E-state index contributed by atoms with van der Waals surface area (Å²) in [4.78, 5) is 4.16. The van der Waals surface area contributed by atoms with Crippen LogP contribution in [-0.4, -0.2) is 15.6 Å². The zero-order valence-corrected chi connectivity index (χ0v) is 10.4. The summed E-state index contributed by atoms with van der Waals surface area (Å²) in [5.74, 6) is 0.662. The zero-order chi connectivity index (χ0) is 12.5. The van der Waals surface area contributed by atoms with Crippen LogP contribution in [0.15, 0.2) is 30.6 Å². The summed E-state index contributed by atoms with van der Waals surface area (Å²) >= 11 is 0. The lowest BCUT2D eigenvalue weighted by Crippen LogP contribution is -2.15. The highest BCUT2D eigenvalue weighted by Gasteiger charge is 2.20. The summed E-state index contributed by atoms with van der Waals surface area (Å²) in [6.45, 7) is 2.64. The van der Waals surface area contributed by atoms with Gasteiger partial charge in [0, 0.05) is 30.7 Å². The number of aryl methyl sites for hydroxylation is 1. The summed E-state index contributed by atoms with van der Waals surface area (Å²) in [5.41, 5.74) is 1.81. The van der Waals surface area contributed by atoms with Crippen molar-refractivity contribution in [2.24, 2.45) is 0 Å². The number of nitrogens with one attached hydrogen (secondary N) is 1. The molecule has 1 heterocycles. The molecule has 0 radical (unpaired) electrons. The first kappa shape index (κ1) is 11.4. The van der Waals surface area contributed by atoms with Crippen molar-refractivity contribution in [3.8, 4) is 5.69 Å². The Balaban J connectivity index is 1.87. The molecular weight excluding hydrogens is 229 g/mol. The number of imidazole rings is 1. The Morgan fingerprint density at radius 1 is 1.39 bits per heavy atom. The van der Waals surface area contributed by atoms with Crippen molar-refractivity contribution in [1.82, 2.24) is 14.9 Å². The molecule has 0 atom stereocenters. The van der Waals surface area contributed by atoms with Crippen molar-refractivity contribution < 1.29 is 4.39 Å². The number of nitrogens with zero attached hydrogens (tertiary/aromatic N) is 2. The summed E-state index contributed by atoms with van der Waals surface area (Å²) in [5, 5.41) is 3.40. The fourth-order valence-corrected chi connectivity index (χ4v) is 2.07. The van der Waals surface area contributed by atoms with E-state index in [1.807, 2.05) is 23.8 Å². The van der Waals surface area contributed by atoms with E-state index in [0.29, 0.717) is 6.04 Å². The van der Waals surface area contributed by atoms with Gasteiger partial charge in [-0.3, -0.25) is 0 Å². The molecular formula is C14H16FN3. The molecule has 4 heteroatoms. The minimum absolute atomic E-state index is 0.201. The van der Waals surface area contributed by atoms with Crippen molar-refractivity contribution in [2.45, 2.75) is 32.4 Å². The molecule has 0 spiro atoms. The molecule has 94 valence electrons. The van der Waals surface area contributed by atoms with E-state index in [2.05, 4.69) is 10.3 Å². The van der Waals surface area contributed by atoms with Crippen molar-refractivity contribution in [3.05, 3.63) is 47.8 Å². The fourth-order valence-electron chi connectivity index (χ4n) is 2.07. The lowest BCUT2D eigenvalue weighted by molar-refractivity contribution is 0.618. The third-order valence-corrected chi connectivity index (χ3v) is 3.22. The Labute approximate surface area is 106 Å². The first-order valence-corrected chi connectivity index (χ1v) is 6.25. The summed E-state index contributed by atoms with van der Waals surface area (Å²) in [6.07, 6.45) is 6.05. The van der Waals surface area contributed by atoms with Crippen LogP contribution in [0.1, 0.15) is 24.2 Å². The Kier molecular flexibility index (Phi) is 2.88. The van der Waals surface area contributed by atoms with E-state index in [1.165, 1.54) is 18.9 Å². The van der Waals surface area contributed by atoms with Gasteiger partial charge in [-0.1, -0.05) is 0 Å². The molecule has 0 aliphatic heterocycles. The van der Waals surface area contributed by atoms with E-state index in [9.17, 15) is 4.39 Å². The second kappa shape index (κ2) is 4.53. The van der Waals surface area contributed by atoms with Gasteiger partial charge in [0.2, 0.25) is 0 Å². The van der Waals surface area contributed by atoms with Gasteiger partial charge in [0.25, 0.3) is 0 Å². The van der Waals surface area contributed by atoms with E-state index < -0.39 is 0 Å². The minimum Gasteiger partial charge on any atom is -0.310 e. The third kappa shape index (κ3) is 2.43. The van der Waals surface area contributed by atoms with Crippen LogP contribution in [0.2, 0.25) is 0 Å². The van der Waals surface area contributed by atoms with Crippen LogP contribution in [0.4, 0.5) is 4.39 Å². The van der Waals surface area contributed by atoms with Crippen molar-refractivity contribution in [3.63, 3.8) is 0 Å². The quantitative estimate of drug-likeness (QED) is 0.897. The van der Waals surface area contributed by atoms with Gasteiger partial charge in [0.15, 0.2) is 0 Å². The molecule has 1 aliphatic rings. The molecule has 1 aromatic carbocycles. The van der Waals surface area contributed by atoms with Crippen LogP contribution in [0, 0.1) is 12.7 Å². The van der Waals surface area contributed by atoms with Gasteiger partial charge in [-0.25, -0.2) is 9.37 Å². The van der Waals surface area contributed by atoms with Gasteiger partial charge in [0.05, 0.1) is 0 Å². The zero-order valence-electron chi connectivity index (χ0n) is 10.4. The van der Waals surface area contributed by atoms with E-state index in [0.717, 1.165) is 23.6 Å². The van der Waals surface area contributed by atoms with E-state index in [1.54, 1.807) is 12.3 Å². The average Bonchev–Trinajstić information content (AvgIpc) is 3.07. The lowest BCUT2D eigenvalue weighted by atomic mass is 10.2. The summed E-state index contributed by atoms with van der Waals surface area (Å²) in [6, 6.07) is 5.76. The number of rotatable bonds is 4. The van der Waals surface area contributed by atoms with Crippen LogP contribution >= 0.6 is 0 Å². The second-order valence-electron chi connectivity index (χ2n) is 4.82. The molecule has 1 aromatic heterocycles. The molecule has 2 aromatic rings. The maximum Gasteiger partial charge on any atom is 0.125 e. The van der Waals surface area contributed by atoms with Gasteiger partial charge in [-0.15, -0.1) is 0 Å². The van der Waals surface area contributed by atoms with Gasteiger partial charge < -0.3 is 9.88 Å². The molecule has 0 bridgehead atoms. The first-order valence-electron chi connectivity index (χ1n) is 6.25. The van der Waals surface area contributed by atoms with Crippen LogP contribution in [-0.2, 0) is 6.54 Å². The van der Waals surface area contributed by atoms with Crippen molar-refractivity contribution in [1.29, 1.82) is 0 Å². The Morgan fingerprint density at radius 2 is 2.22 bits per heavy atom. The summed E-state index contributed by atoms with van der Waals surface area (Å²) in [7, 11) is 0. The molecule has 1 aliphatic carbocycles. The number of hydrogen-bond donors (Lipinski definition) is 1. The lowest BCUT2D eigenvalue weighted by Gasteiger charge is -2.09. The molecule has 3 rings (SSSR count). The van der Waals surface area contributed by atoms with Gasteiger partial charge in [-0.2, -0.15) is 0 Å². The predicted octanol–water partition coefficient (Wildman–Crippen LogP) is 2.57. The van der Waals surface area contributed by atoms with Gasteiger partial charge in [0.1, 0.15) is 11.6 Å². The molecule has 0 unspecified atom stereocenters. The SMILES string of the molecule is Cc1nccn1-c1cc(F)cc(CNC2CC2)c1. The maximum absolute atomic E-state index is 13.6. The fraction of sp³-hybridized carbons (Fsp3) is 0.357. The molecule has 3 nitrogen and oxygen atoms in total. The smallest absolute Gasteiger partial charge is 0.125 e. The number of aromatic nitrogens is 2. The van der Waals surface area contributed by atoms with E-state index in [-0.39, 0.29) is 5.82 Å². The van der Waals surface area contributed by atoms with Crippen LogP contribution in [0.3, 0.4) is 0 Å². The van der Waals surface area contributed by atoms with E-state index in [4.69, 9.17) is 0 Å². The summed E-state index contributed by atoms with van der Waals surface area (Å²) < 4.78 is 15.5. The molecule has 1 saturated carbocycles. The maximum atomic E-state index is 13.6. The van der Waals surface area contributed by atoms with Gasteiger partial charge >= 0.3 is 0 Å². The Morgan fingerprint density at radius 3 is 2.89 bits per heavy atom. The van der Waals surface area contributed by atoms with Crippen LogP contribution in [0.5, 0.6) is 0 Å². The molecule has 0 saturated heterocycles. The Hall–Kier alpha value is -1.68. The predicted molar refractivity (Wildman–Crippen MR) is 68.1 cm³/mol. The largest absolute Gasteiger partial charge is 0.310 e. The molecule has 18 heavy (non-hydrogen) atoms. The third-order valence-electron chi connectivity index (χ3n) is 3.22. The minimum atomic E-state index is -0.201. The number of benzene rings is 1. The standard InChI is InChI=1S/C14H16FN3/c1-10-16-4-5-18(10)14-7-11(6-12(15)8-14)9-17-13-2-3-13/h4-8,13,17H,2-3,9H2,1H3. The highest BCUT2D eigenvalue weighted by Crippen LogP contribution is 2.20. The topological polar surface area (TPSA) is 29.9 Å². The first-order chi connectivity index (χ1) is 8.72. The Bertz CT molecular complexity index is 558. The monoisotopic (exact) mass is 245 g/mol. The molecule has 1 N–H and O–H groups in total. The normalized spacial score (nSPS) is 15.0. The van der Waals surface area contributed by atoms with Crippen molar-refractivity contribution in [2.75, 3.05) is 0 Å². The van der Waals surface area contributed by atoms with Gasteiger partial charge in [-0.05, 0) is 43.5 Å². The molecule has 1 fully saturated rings. The highest BCUT2D eigenvalue weighted by molar-refractivity contribution is 5.37.